The lowest BCUT2D eigenvalue weighted by Crippen LogP contribution is -2.35. The van der Waals surface area contributed by atoms with Gasteiger partial charge in [0.15, 0.2) is 0 Å². The van der Waals surface area contributed by atoms with E-state index in [1.807, 2.05) is 18.2 Å². The molecule has 31 heavy (non-hydrogen) atoms. The average Bonchev–Trinajstić information content (AvgIpc) is 3.42. The number of fused-ring (bicyclic) bond motifs is 1. The Morgan fingerprint density at radius 2 is 2.13 bits per heavy atom. The molecule has 6 nitrogen and oxygen atoms in total. The fourth-order valence-electron chi connectivity index (χ4n) is 4.03. The summed E-state index contributed by atoms with van der Waals surface area (Å²) in [6, 6.07) is 14.5. The minimum absolute atomic E-state index is 0.0120. The van der Waals surface area contributed by atoms with E-state index >= 15 is 0 Å². The molecular formula is C25H31N3O3. The van der Waals surface area contributed by atoms with Gasteiger partial charge >= 0.3 is 0 Å². The predicted molar refractivity (Wildman–Crippen MR) is 121 cm³/mol. The Kier molecular flexibility index (Phi) is 6.87. The maximum Gasteiger partial charge on any atom is 0.249 e. The number of para-hydroxylation sites is 2. The minimum atomic E-state index is -0.291. The third-order valence-corrected chi connectivity index (χ3v) is 5.73. The highest BCUT2D eigenvalue weighted by Gasteiger charge is 2.23. The monoisotopic (exact) mass is 421 g/mol. The van der Waals surface area contributed by atoms with Crippen molar-refractivity contribution in [3.63, 3.8) is 0 Å². The smallest absolute Gasteiger partial charge is 0.249 e. The van der Waals surface area contributed by atoms with Crippen LogP contribution in [0.1, 0.15) is 36.2 Å². The van der Waals surface area contributed by atoms with Gasteiger partial charge in [-0.3, -0.25) is 4.79 Å². The Labute approximate surface area is 183 Å². The van der Waals surface area contributed by atoms with Gasteiger partial charge in [-0.2, -0.15) is 0 Å². The number of amides is 1. The highest BCUT2D eigenvalue weighted by Crippen LogP contribution is 2.20. The van der Waals surface area contributed by atoms with Crippen LogP contribution in [-0.2, 0) is 22.5 Å². The molecule has 1 aliphatic rings. The lowest BCUT2D eigenvalue weighted by molar-refractivity contribution is -0.130. The first-order chi connectivity index (χ1) is 15.1. The van der Waals surface area contributed by atoms with Crippen molar-refractivity contribution in [1.82, 2.24) is 14.9 Å². The van der Waals surface area contributed by atoms with Crippen molar-refractivity contribution >= 4 is 16.9 Å². The van der Waals surface area contributed by atoms with Crippen molar-refractivity contribution in [3.8, 4) is 5.75 Å². The largest absolute Gasteiger partial charge is 0.493 e. The summed E-state index contributed by atoms with van der Waals surface area (Å²) in [6.07, 6.45) is 3.04. The summed E-state index contributed by atoms with van der Waals surface area (Å²) in [6.45, 7) is 6.85. The van der Waals surface area contributed by atoms with Crippen molar-refractivity contribution in [2.45, 2.75) is 52.2 Å². The van der Waals surface area contributed by atoms with Gasteiger partial charge < -0.3 is 19.4 Å². The first kappa shape index (κ1) is 21.4. The van der Waals surface area contributed by atoms with Crippen LogP contribution >= 0.6 is 0 Å². The van der Waals surface area contributed by atoms with Crippen LogP contribution in [0.5, 0.6) is 5.75 Å². The SMILES string of the molecule is Cc1ccc(C)c(OCCCn2c(CCNC(=O)C3CCCO3)nc3ccccc32)c1. The van der Waals surface area contributed by atoms with Crippen LogP contribution in [-0.4, -0.2) is 41.3 Å². The van der Waals surface area contributed by atoms with E-state index in [2.05, 4.69) is 48.0 Å². The molecule has 1 fully saturated rings. The maximum atomic E-state index is 12.2. The van der Waals surface area contributed by atoms with E-state index in [9.17, 15) is 4.79 Å². The summed E-state index contributed by atoms with van der Waals surface area (Å²) in [4.78, 5) is 17.0. The molecule has 1 aromatic heterocycles. The number of aryl methyl sites for hydroxylation is 3. The van der Waals surface area contributed by atoms with E-state index in [-0.39, 0.29) is 12.0 Å². The van der Waals surface area contributed by atoms with E-state index in [1.165, 1.54) is 5.56 Å². The summed E-state index contributed by atoms with van der Waals surface area (Å²) in [5, 5.41) is 3.00. The highest BCUT2D eigenvalue weighted by molar-refractivity contribution is 5.81. The number of nitrogens with zero attached hydrogens (tertiary/aromatic N) is 2. The molecule has 0 aliphatic carbocycles. The number of hydrogen-bond acceptors (Lipinski definition) is 4. The third kappa shape index (κ3) is 5.25. The molecule has 0 spiro atoms. The molecule has 1 aliphatic heterocycles. The van der Waals surface area contributed by atoms with Crippen LogP contribution < -0.4 is 10.1 Å². The number of aromatic nitrogens is 2. The molecule has 3 aromatic rings. The van der Waals surface area contributed by atoms with Crippen molar-refractivity contribution in [1.29, 1.82) is 0 Å². The summed E-state index contributed by atoms with van der Waals surface area (Å²) < 4.78 is 13.7. The van der Waals surface area contributed by atoms with Gasteiger partial charge in [0.25, 0.3) is 0 Å². The fourth-order valence-corrected chi connectivity index (χ4v) is 4.03. The Morgan fingerprint density at radius 3 is 2.97 bits per heavy atom. The number of nitrogens with one attached hydrogen (secondary N) is 1. The number of rotatable bonds is 9. The lowest BCUT2D eigenvalue weighted by atomic mass is 10.1. The molecule has 1 saturated heterocycles. The Hall–Kier alpha value is -2.86. The Morgan fingerprint density at radius 1 is 1.26 bits per heavy atom. The molecule has 164 valence electrons. The molecule has 1 amide bonds. The van der Waals surface area contributed by atoms with E-state index < -0.39 is 0 Å². The molecule has 1 atom stereocenters. The quantitative estimate of drug-likeness (QED) is 0.531. The van der Waals surface area contributed by atoms with Crippen molar-refractivity contribution in [3.05, 3.63) is 59.4 Å². The fraction of sp³-hybridized carbons (Fsp3) is 0.440. The molecule has 2 aromatic carbocycles. The molecule has 4 rings (SSSR count). The normalized spacial score (nSPS) is 16.0. The van der Waals surface area contributed by atoms with E-state index in [4.69, 9.17) is 14.5 Å². The summed E-state index contributed by atoms with van der Waals surface area (Å²) in [5.41, 5.74) is 4.46. The summed E-state index contributed by atoms with van der Waals surface area (Å²) >= 11 is 0. The number of carbonyl (C=O) groups excluding carboxylic acids is 1. The van der Waals surface area contributed by atoms with E-state index in [0.29, 0.717) is 26.2 Å². The summed E-state index contributed by atoms with van der Waals surface area (Å²) in [5.74, 6) is 1.93. The van der Waals surface area contributed by atoms with Crippen LogP contribution in [0.3, 0.4) is 0 Å². The van der Waals surface area contributed by atoms with Gasteiger partial charge in [-0.25, -0.2) is 4.98 Å². The van der Waals surface area contributed by atoms with Crippen LogP contribution in [0.25, 0.3) is 11.0 Å². The summed E-state index contributed by atoms with van der Waals surface area (Å²) in [7, 11) is 0. The maximum absolute atomic E-state index is 12.2. The van der Waals surface area contributed by atoms with Gasteiger partial charge in [0.05, 0.1) is 17.6 Å². The minimum Gasteiger partial charge on any atom is -0.493 e. The van der Waals surface area contributed by atoms with Crippen molar-refractivity contribution in [2.75, 3.05) is 19.8 Å². The van der Waals surface area contributed by atoms with Crippen LogP contribution in [0.4, 0.5) is 0 Å². The zero-order chi connectivity index (χ0) is 21.6. The van der Waals surface area contributed by atoms with Gasteiger partial charge in [0, 0.05) is 26.1 Å². The van der Waals surface area contributed by atoms with E-state index in [0.717, 1.165) is 54.0 Å². The van der Waals surface area contributed by atoms with Gasteiger partial charge in [-0.05, 0) is 62.4 Å². The van der Waals surface area contributed by atoms with E-state index in [1.54, 1.807) is 0 Å². The average molecular weight is 422 g/mol. The molecule has 1 N–H and O–H groups in total. The zero-order valence-corrected chi connectivity index (χ0v) is 18.4. The third-order valence-electron chi connectivity index (χ3n) is 5.73. The Balaban J connectivity index is 1.36. The molecule has 0 saturated carbocycles. The molecule has 0 radical (unpaired) electrons. The van der Waals surface area contributed by atoms with Gasteiger partial charge in [0.1, 0.15) is 17.7 Å². The standard InChI is InChI=1S/C25H31N3O3/c1-18-10-11-19(2)23(17-18)31-16-6-14-28-21-8-4-3-7-20(21)27-24(28)12-13-26-25(29)22-9-5-15-30-22/h3-4,7-8,10-11,17,22H,5-6,9,12-16H2,1-2H3,(H,26,29). The molecule has 2 heterocycles. The second-order valence-corrected chi connectivity index (χ2v) is 8.18. The predicted octanol–water partition coefficient (Wildman–Crippen LogP) is 3.96. The number of imidazole rings is 1. The first-order valence-corrected chi connectivity index (χ1v) is 11.2. The molecule has 0 bridgehead atoms. The van der Waals surface area contributed by atoms with Crippen molar-refractivity contribution < 1.29 is 14.3 Å². The van der Waals surface area contributed by atoms with Gasteiger partial charge in [0.2, 0.25) is 5.91 Å². The Bertz CT molecular complexity index is 1040. The van der Waals surface area contributed by atoms with Crippen LogP contribution in [0.2, 0.25) is 0 Å². The second-order valence-electron chi connectivity index (χ2n) is 8.18. The lowest BCUT2D eigenvalue weighted by Gasteiger charge is -2.13. The first-order valence-electron chi connectivity index (χ1n) is 11.2. The molecule has 1 unspecified atom stereocenters. The van der Waals surface area contributed by atoms with Gasteiger partial charge in [-0.1, -0.05) is 24.3 Å². The number of hydrogen-bond donors (Lipinski definition) is 1. The number of carbonyl (C=O) groups is 1. The zero-order valence-electron chi connectivity index (χ0n) is 18.4. The topological polar surface area (TPSA) is 65.4 Å². The molecular weight excluding hydrogens is 390 g/mol. The second kappa shape index (κ2) is 9.96. The number of ether oxygens (including phenoxy) is 2. The molecule has 6 heteroatoms. The van der Waals surface area contributed by atoms with Gasteiger partial charge in [-0.15, -0.1) is 0 Å². The van der Waals surface area contributed by atoms with Crippen LogP contribution in [0, 0.1) is 13.8 Å². The van der Waals surface area contributed by atoms with Crippen molar-refractivity contribution in [2.24, 2.45) is 0 Å². The number of benzene rings is 2. The van der Waals surface area contributed by atoms with Crippen LogP contribution in [0.15, 0.2) is 42.5 Å². The highest BCUT2D eigenvalue weighted by atomic mass is 16.5.